The summed E-state index contributed by atoms with van der Waals surface area (Å²) >= 11 is 6.64. The zero-order chi connectivity index (χ0) is 34.3. The number of aldehydes is 2. The molecule has 0 heterocycles. The summed E-state index contributed by atoms with van der Waals surface area (Å²) in [5, 5.41) is 70.2. The van der Waals surface area contributed by atoms with Gasteiger partial charge < -0.3 is 60.6 Å². The van der Waals surface area contributed by atoms with E-state index in [2.05, 4.69) is 31.9 Å². The van der Waals surface area contributed by atoms with Gasteiger partial charge in [0.05, 0.1) is 16.2 Å². The monoisotopic (exact) mass is 972 g/mol. The van der Waals surface area contributed by atoms with Gasteiger partial charge in [0.1, 0.15) is 12.6 Å². The molecule has 21 heteroatoms. The van der Waals surface area contributed by atoms with E-state index < -0.39 is 16.1 Å². The number of halogens is 2. The Hall–Kier alpha value is -2.24. The van der Waals surface area contributed by atoms with Gasteiger partial charge in [0.15, 0.2) is 0 Å². The van der Waals surface area contributed by atoms with Crippen molar-refractivity contribution >= 4 is 50.4 Å². The number of rotatable bonds is 9. The number of aliphatic carboxylic acids is 1. The Bertz CT molecular complexity index is 1160. The molecular formula is C24H26Br2N5O12YbZn. The van der Waals surface area contributed by atoms with Crippen LogP contribution < -0.4 is 15.3 Å². The van der Waals surface area contributed by atoms with Crippen molar-refractivity contribution in [2.45, 2.75) is 26.9 Å². The number of carboxylic acids is 1. The summed E-state index contributed by atoms with van der Waals surface area (Å²) in [4.78, 5) is 51.4. The first-order valence-electron chi connectivity index (χ1n) is 11.2. The summed E-state index contributed by atoms with van der Waals surface area (Å²) in [5.41, 5.74) is 1.37. The van der Waals surface area contributed by atoms with E-state index >= 15 is 0 Å². The Morgan fingerprint density at radius 3 is 1.27 bits per heavy atom. The Labute approximate surface area is 326 Å². The van der Waals surface area contributed by atoms with Crippen molar-refractivity contribution < 1.29 is 106 Å². The average Bonchev–Trinajstić information content (AvgIpc) is 2.86. The van der Waals surface area contributed by atoms with Crippen molar-refractivity contribution in [3.05, 3.63) is 86.1 Å². The standard InChI is InChI=1S/C20H22Br2N2O4.C2H3N.C2H4O2.2NO3.Yb.Zn/c1-23(9-13-5-17(21)7-15(11-25)19(13)27)3-4-24(2)10-14-6-18(22)8-16(12-26)20(14)28;1-2-3;1-2(3)4;2*2-1(3)4;;/h5-8,11-12,27-28H,3-4,9-10H2,1-2H3;1H3;1H3,(H,3,4);;;;/q;;;2*-1;+3;+2/p-3. The molecule has 0 aliphatic rings. The molecule has 0 N–H and O–H groups in total. The minimum absolute atomic E-state index is 0. The summed E-state index contributed by atoms with van der Waals surface area (Å²) in [6.45, 7) is 4.53. The quantitative estimate of drug-likeness (QED) is 0.148. The predicted octanol–water partition coefficient (Wildman–Crippen LogP) is 1.35. The number of nitrogens with zero attached hydrogens (tertiary/aromatic N) is 5. The number of hydrogen-bond donors (Lipinski definition) is 0. The van der Waals surface area contributed by atoms with Crippen LogP contribution in [0.3, 0.4) is 0 Å². The van der Waals surface area contributed by atoms with Crippen molar-refractivity contribution in [1.29, 1.82) is 5.26 Å². The van der Waals surface area contributed by atoms with Gasteiger partial charge >= 0.3 is 66.4 Å². The molecule has 249 valence electrons. The molecule has 0 spiro atoms. The SMILES string of the molecule is CC#N.CC(=O)[O-].CN(CCN(C)Cc1cc(Br)cc(C=O)c1[O-])Cc1cc(Br)cc(C=O)c1[O-].O=[N+]([O-])[O-].O=[N+]([O-])[O-].[Yb+3].[Zn+2]. The van der Waals surface area contributed by atoms with Gasteiger partial charge in [0.2, 0.25) is 0 Å². The summed E-state index contributed by atoms with van der Waals surface area (Å²) in [5.74, 6) is -1.60. The number of likely N-dealkylation sites (N-methyl/N-ethyl adjacent to an activating group) is 2. The first-order chi connectivity index (χ1) is 19.9. The molecule has 0 aromatic heterocycles. The molecule has 0 bridgehead atoms. The van der Waals surface area contributed by atoms with E-state index in [0.717, 1.165) is 6.92 Å². The average molecular weight is 975 g/mol. The molecule has 0 atom stereocenters. The van der Waals surface area contributed by atoms with Crippen LogP contribution in [0.15, 0.2) is 33.2 Å². The Morgan fingerprint density at radius 1 is 0.844 bits per heavy atom. The largest absolute Gasteiger partial charge is 3.00 e. The fourth-order valence-corrected chi connectivity index (χ4v) is 3.88. The third-order valence-corrected chi connectivity index (χ3v) is 5.23. The number of nitriles is 1. The van der Waals surface area contributed by atoms with Crippen LogP contribution >= 0.6 is 31.9 Å². The molecule has 0 aliphatic heterocycles. The second-order valence-corrected chi connectivity index (χ2v) is 9.67. The zero-order valence-electron chi connectivity index (χ0n) is 24.2. The minimum atomic E-state index is -1.75. The summed E-state index contributed by atoms with van der Waals surface area (Å²) in [7, 11) is 3.77. The van der Waals surface area contributed by atoms with Gasteiger partial charge in [-0.15, -0.1) is 0 Å². The van der Waals surface area contributed by atoms with E-state index in [4.69, 9.17) is 45.8 Å². The predicted molar refractivity (Wildman–Crippen MR) is 153 cm³/mol. The number of carbonyl (C=O) groups is 3. The number of hydrogen-bond acceptors (Lipinski definition) is 15. The number of carboxylic acid groups (broad SMARTS) is 1. The molecule has 0 saturated carbocycles. The van der Waals surface area contributed by atoms with E-state index in [0.29, 0.717) is 58.8 Å². The van der Waals surface area contributed by atoms with Gasteiger partial charge in [0.25, 0.3) is 0 Å². The Morgan fingerprint density at radius 2 is 1.07 bits per heavy atom. The van der Waals surface area contributed by atoms with Gasteiger partial charge in [-0.3, -0.25) is 9.59 Å². The molecule has 0 fully saturated rings. The molecule has 0 amide bonds. The summed E-state index contributed by atoms with van der Waals surface area (Å²) < 4.78 is 1.39. The van der Waals surface area contributed by atoms with Crippen LogP contribution in [0.1, 0.15) is 45.7 Å². The van der Waals surface area contributed by atoms with Gasteiger partial charge in [-0.1, -0.05) is 43.4 Å². The molecule has 45 heavy (non-hydrogen) atoms. The first kappa shape index (κ1) is 52.3. The number of benzene rings is 2. The summed E-state index contributed by atoms with van der Waals surface area (Å²) in [6, 6.07) is 8.22. The molecule has 2 aromatic rings. The van der Waals surface area contributed by atoms with Crippen LogP contribution in [0, 0.1) is 88.9 Å². The maximum atomic E-state index is 12.2. The minimum Gasteiger partial charge on any atom is -0.872 e. The van der Waals surface area contributed by atoms with Gasteiger partial charge in [-0.2, -0.15) is 5.26 Å². The van der Waals surface area contributed by atoms with Crippen LogP contribution in [-0.2, 0) is 37.4 Å². The van der Waals surface area contributed by atoms with Crippen LogP contribution in [-0.4, -0.2) is 65.7 Å². The van der Waals surface area contributed by atoms with Gasteiger partial charge in [0, 0.05) is 59.1 Å². The van der Waals surface area contributed by atoms with Crippen molar-refractivity contribution in [1.82, 2.24) is 9.80 Å². The zero-order valence-corrected chi connectivity index (χ0v) is 32.0. The fourth-order valence-electron chi connectivity index (χ4n) is 2.84. The van der Waals surface area contributed by atoms with Crippen LogP contribution in [0.25, 0.3) is 0 Å². The molecule has 0 aliphatic carbocycles. The molecule has 1 radical (unpaired) electrons. The number of carbonyl (C=O) groups excluding carboxylic acids is 3. The van der Waals surface area contributed by atoms with Crippen LogP contribution in [0.4, 0.5) is 0 Å². The molecular weight excluding hydrogens is 949 g/mol. The molecule has 0 saturated heterocycles. The normalized spacial score (nSPS) is 8.78. The molecule has 2 rings (SSSR count). The van der Waals surface area contributed by atoms with E-state index in [-0.39, 0.29) is 89.0 Å². The van der Waals surface area contributed by atoms with Crippen molar-refractivity contribution in [3.63, 3.8) is 0 Å². The maximum absolute atomic E-state index is 12.2. The second kappa shape index (κ2) is 30.4. The Balaban J connectivity index is -0.000000263. The van der Waals surface area contributed by atoms with E-state index in [1.54, 1.807) is 18.2 Å². The topological polar surface area (TPSA) is 283 Å². The molecule has 2 aromatic carbocycles. The first-order valence-corrected chi connectivity index (χ1v) is 12.8. The van der Waals surface area contributed by atoms with Crippen LogP contribution in [0.2, 0.25) is 0 Å². The second-order valence-electron chi connectivity index (χ2n) is 7.84. The summed E-state index contributed by atoms with van der Waals surface area (Å²) in [6.07, 6.45) is 1.13. The van der Waals surface area contributed by atoms with E-state index in [9.17, 15) is 19.8 Å². The van der Waals surface area contributed by atoms with Gasteiger partial charge in [-0.25, -0.2) is 0 Å². The third kappa shape index (κ3) is 30.2. The van der Waals surface area contributed by atoms with Gasteiger partial charge in [-0.05, 0) is 56.4 Å². The Kier molecular flexibility index (Phi) is 35.4. The van der Waals surface area contributed by atoms with Crippen LogP contribution in [0.5, 0.6) is 11.5 Å². The van der Waals surface area contributed by atoms with Crippen molar-refractivity contribution in [2.24, 2.45) is 0 Å². The van der Waals surface area contributed by atoms with Crippen molar-refractivity contribution in [3.8, 4) is 17.6 Å². The van der Waals surface area contributed by atoms with Crippen molar-refractivity contribution in [2.75, 3.05) is 27.2 Å². The smallest absolute Gasteiger partial charge is 0.872 e. The van der Waals surface area contributed by atoms with E-state index in [1.807, 2.05) is 23.9 Å². The third-order valence-electron chi connectivity index (χ3n) is 4.32. The fraction of sp³-hybridized carbons (Fsp3) is 0.333. The maximum Gasteiger partial charge on any atom is 3.00 e. The van der Waals surface area contributed by atoms with E-state index in [1.165, 1.54) is 19.1 Å². The molecule has 0 unspecified atom stereocenters. The molecule has 17 nitrogen and oxygen atoms in total.